The topological polar surface area (TPSA) is 92.8 Å². The number of halogens is 1. The van der Waals surface area contributed by atoms with Gasteiger partial charge in [0.1, 0.15) is 6.04 Å². The molecule has 0 saturated carbocycles. The van der Waals surface area contributed by atoms with E-state index in [4.69, 9.17) is 4.74 Å². The van der Waals surface area contributed by atoms with Crippen molar-refractivity contribution in [3.8, 4) is 0 Å². The third kappa shape index (κ3) is 4.07. The minimum atomic E-state index is -0.875. The SMILES string of the molecule is CCOC(=O)c1cccc(NC(=O)C(CC)N2C(=O)C(=O)c3cc(Br)ccc32)c1. The number of ether oxygens (including phenoxy) is 1. The number of benzene rings is 2. The van der Waals surface area contributed by atoms with Crippen LogP contribution in [-0.2, 0) is 14.3 Å². The highest BCUT2D eigenvalue weighted by atomic mass is 79.9. The normalized spacial score (nSPS) is 13.8. The Balaban J connectivity index is 1.85. The van der Waals surface area contributed by atoms with Gasteiger partial charge in [0, 0.05) is 10.2 Å². The summed E-state index contributed by atoms with van der Waals surface area (Å²) in [6.07, 6.45) is 0.303. The Morgan fingerprint density at radius 3 is 2.59 bits per heavy atom. The number of hydrogen-bond donors (Lipinski definition) is 1. The standard InChI is InChI=1S/C21H19BrN2O5/c1-3-16(24-17-9-8-13(22)11-15(17)18(25)20(24)27)19(26)23-14-7-5-6-12(10-14)21(28)29-4-2/h5-11,16H,3-4H2,1-2H3,(H,23,26). The van der Waals surface area contributed by atoms with Gasteiger partial charge in [-0.2, -0.15) is 0 Å². The zero-order chi connectivity index (χ0) is 21.1. The second-order valence-electron chi connectivity index (χ2n) is 6.38. The Morgan fingerprint density at radius 1 is 1.14 bits per heavy atom. The van der Waals surface area contributed by atoms with E-state index in [0.717, 1.165) is 0 Å². The Kier molecular flexibility index (Phi) is 6.12. The predicted molar refractivity (Wildman–Crippen MR) is 111 cm³/mol. The van der Waals surface area contributed by atoms with Gasteiger partial charge in [0.15, 0.2) is 0 Å². The van der Waals surface area contributed by atoms with Crippen LogP contribution < -0.4 is 10.2 Å². The Morgan fingerprint density at radius 2 is 1.90 bits per heavy atom. The molecule has 0 aromatic heterocycles. The highest BCUT2D eigenvalue weighted by Gasteiger charge is 2.41. The Hall–Kier alpha value is -3.00. The maximum absolute atomic E-state index is 12.9. The van der Waals surface area contributed by atoms with E-state index in [2.05, 4.69) is 21.2 Å². The van der Waals surface area contributed by atoms with Crippen LogP contribution in [0.3, 0.4) is 0 Å². The van der Waals surface area contributed by atoms with E-state index in [1.165, 1.54) is 11.0 Å². The summed E-state index contributed by atoms with van der Waals surface area (Å²) in [5.41, 5.74) is 1.37. The van der Waals surface area contributed by atoms with E-state index in [-0.39, 0.29) is 12.2 Å². The van der Waals surface area contributed by atoms with Gasteiger partial charge in [0.2, 0.25) is 5.91 Å². The van der Waals surface area contributed by atoms with Gasteiger partial charge in [-0.25, -0.2) is 4.79 Å². The lowest BCUT2D eigenvalue weighted by atomic mass is 10.1. The fourth-order valence-electron chi connectivity index (χ4n) is 3.19. The summed E-state index contributed by atoms with van der Waals surface area (Å²) in [4.78, 5) is 51.0. The number of rotatable bonds is 6. The van der Waals surface area contributed by atoms with Crippen molar-refractivity contribution in [2.24, 2.45) is 0 Å². The molecule has 0 aliphatic carbocycles. The number of anilines is 2. The molecule has 1 aliphatic heterocycles. The smallest absolute Gasteiger partial charge is 0.338 e. The number of nitrogens with one attached hydrogen (secondary N) is 1. The first-order chi connectivity index (χ1) is 13.9. The average molecular weight is 459 g/mol. The second kappa shape index (κ2) is 8.57. The van der Waals surface area contributed by atoms with Crippen LogP contribution in [0.25, 0.3) is 0 Å². The van der Waals surface area contributed by atoms with Crippen LogP contribution in [0, 0.1) is 0 Å². The molecule has 0 spiro atoms. The summed E-state index contributed by atoms with van der Waals surface area (Å²) in [7, 11) is 0. The van der Waals surface area contributed by atoms with Crippen LogP contribution in [0.15, 0.2) is 46.9 Å². The van der Waals surface area contributed by atoms with E-state index in [0.29, 0.717) is 27.8 Å². The summed E-state index contributed by atoms with van der Waals surface area (Å²) >= 11 is 3.29. The number of nitrogens with zero attached hydrogens (tertiary/aromatic N) is 1. The molecular weight excluding hydrogens is 440 g/mol. The monoisotopic (exact) mass is 458 g/mol. The third-order valence-electron chi connectivity index (χ3n) is 4.52. The molecule has 0 bridgehead atoms. The molecule has 3 rings (SSSR count). The van der Waals surface area contributed by atoms with Crippen LogP contribution in [0.4, 0.5) is 11.4 Å². The van der Waals surface area contributed by atoms with Gasteiger partial charge in [0.05, 0.1) is 23.4 Å². The van der Waals surface area contributed by atoms with Crippen molar-refractivity contribution in [3.05, 3.63) is 58.1 Å². The summed E-state index contributed by atoms with van der Waals surface area (Å²) in [5.74, 6) is -2.32. The fourth-order valence-corrected chi connectivity index (χ4v) is 3.55. The quantitative estimate of drug-likeness (QED) is 0.527. The molecule has 1 aliphatic rings. The van der Waals surface area contributed by atoms with Crippen LogP contribution >= 0.6 is 15.9 Å². The van der Waals surface area contributed by atoms with Crippen LogP contribution in [-0.4, -0.2) is 36.2 Å². The number of esters is 1. The summed E-state index contributed by atoms with van der Waals surface area (Å²) < 4.78 is 5.64. The lowest BCUT2D eigenvalue weighted by Crippen LogP contribution is -2.46. The molecule has 150 valence electrons. The number of hydrogen-bond acceptors (Lipinski definition) is 5. The van der Waals surface area contributed by atoms with Gasteiger partial charge in [0.25, 0.3) is 11.7 Å². The average Bonchev–Trinajstić information content (AvgIpc) is 2.94. The molecule has 1 atom stereocenters. The van der Waals surface area contributed by atoms with E-state index < -0.39 is 29.6 Å². The summed E-state index contributed by atoms with van der Waals surface area (Å²) in [5, 5.41) is 2.72. The van der Waals surface area contributed by atoms with E-state index in [1.54, 1.807) is 50.2 Å². The van der Waals surface area contributed by atoms with Crippen molar-refractivity contribution >= 4 is 50.9 Å². The lowest BCUT2D eigenvalue weighted by molar-refractivity contribution is -0.121. The predicted octanol–water partition coefficient (Wildman–Crippen LogP) is 3.57. The number of Topliss-reactive ketones (excluding diaryl/α,β-unsaturated/α-hetero) is 1. The number of ketones is 1. The minimum absolute atomic E-state index is 0.244. The van der Waals surface area contributed by atoms with Crippen molar-refractivity contribution in [3.63, 3.8) is 0 Å². The van der Waals surface area contributed by atoms with Crippen LogP contribution in [0.5, 0.6) is 0 Å². The molecule has 0 radical (unpaired) electrons. The third-order valence-corrected chi connectivity index (χ3v) is 5.01. The fraction of sp³-hybridized carbons (Fsp3) is 0.238. The number of amides is 2. The van der Waals surface area contributed by atoms with Crippen LogP contribution in [0.2, 0.25) is 0 Å². The first kappa shape index (κ1) is 20.7. The molecule has 2 aromatic carbocycles. The van der Waals surface area contributed by atoms with Crippen molar-refractivity contribution in [2.45, 2.75) is 26.3 Å². The minimum Gasteiger partial charge on any atom is -0.462 e. The van der Waals surface area contributed by atoms with Gasteiger partial charge < -0.3 is 10.1 Å². The molecule has 0 fully saturated rings. The molecule has 1 N–H and O–H groups in total. The summed E-state index contributed by atoms with van der Waals surface area (Å²) in [6, 6.07) is 10.4. The Labute approximate surface area is 176 Å². The lowest BCUT2D eigenvalue weighted by Gasteiger charge is -2.26. The van der Waals surface area contributed by atoms with Gasteiger partial charge in [-0.05, 0) is 49.7 Å². The maximum Gasteiger partial charge on any atom is 0.338 e. The van der Waals surface area contributed by atoms with Gasteiger partial charge >= 0.3 is 5.97 Å². The zero-order valence-corrected chi connectivity index (χ0v) is 17.5. The van der Waals surface area contributed by atoms with Gasteiger partial charge in [-0.3, -0.25) is 19.3 Å². The summed E-state index contributed by atoms with van der Waals surface area (Å²) in [6.45, 7) is 3.71. The van der Waals surface area contributed by atoms with Crippen molar-refractivity contribution in [1.82, 2.24) is 0 Å². The van der Waals surface area contributed by atoms with Crippen LogP contribution in [0.1, 0.15) is 41.0 Å². The molecule has 8 heteroatoms. The molecule has 1 unspecified atom stereocenters. The Bertz CT molecular complexity index is 1000. The van der Waals surface area contributed by atoms with Gasteiger partial charge in [-0.1, -0.05) is 28.9 Å². The molecule has 2 aromatic rings. The van der Waals surface area contributed by atoms with Gasteiger partial charge in [-0.15, -0.1) is 0 Å². The highest BCUT2D eigenvalue weighted by Crippen LogP contribution is 2.33. The number of carbonyl (C=O) groups excluding carboxylic acids is 4. The number of carbonyl (C=O) groups is 4. The molecule has 2 amide bonds. The first-order valence-corrected chi connectivity index (χ1v) is 9.92. The maximum atomic E-state index is 12.9. The van der Waals surface area contributed by atoms with E-state index in [9.17, 15) is 19.2 Å². The van der Waals surface area contributed by atoms with Crippen molar-refractivity contribution in [2.75, 3.05) is 16.8 Å². The van der Waals surface area contributed by atoms with Crippen molar-refractivity contribution < 1.29 is 23.9 Å². The second-order valence-corrected chi connectivity index (χ2v) is 7.30. The molecule has 0 saturated heterocycles. The molecular formula is C21H19BrN2O5. The van der Waals surface area contributed by atoms with E-state index >= 15 is 0 Å². The highest BCUT2D eigenvalue weighted by molar-refractivity contribution is 9.10. The van der Waals surface area contributed by atoms with Crippen molar-refractivity contribution in [1.29, 1.82) is 0 Å². The molecule has 29 heavy (non-hydrogen) atoms. The number of fused-ring (bicyclic) bond motifs is 1. The molecule has 7 nitrogen and oxygen atoms in total. The molecule has 1 heterocycles. The zero-order valence-electron chi connectivity index (χ0n) is 15.9. The largest absolute Gasteiger partial charge is 0.462 e. The first-order valence-electron chi connectivity index (χ1n) is 9.12. The van der Waals surface area contributed by atoms with E-state index in [1.807, 2.05) is 0 Å².